The van der Waals surface area contributed by atoms with Crippen molar-refractivity contribution in [1.82, 2.24) is 20.5 Å². The zero-order valence-electron chi connectivity index (χ0n) is 15.0. The molecule has 6 heteroatoms. The summed E-state index contributed by atoms with van der Waals surface area (Å²) in [5.74, 6) is 1.74. The number of rotatable bonds is 6. The van der Waals surface area contributed by atoms with Gasteiger partial charge in [-0.2, -0.15) is 0 Å². The lowest BCUT2D eigenvalue weighted by Gasteiger charge is -2.30. The molecule has 0 amide bonds. The van der Waals surface area contributed by atoms with Gasteiger partial charge in [0.15, 0.2) is 5.96 Å². The molecule has 1 unspecified atom stereocenters. The molecular formula is C17H31N5S. The maximum atomic E-state index is 4.70. The number of nitrogens with one attached hydrogen (secondary N) is 2. The van der Waals surface area contributed by atoms with Crippen molar-refractivity contribution in [2.24, 2.45) is 10.9 Å². The summed E-state index contributed by atoms with van der Waals surface area (Å²) in [5.41, 5.74) is 1.11. The third-order valence-corrected chi connectivity index (χ3v) is 5.24. The summed E-state index contributed by atoms with van der Waals surface area (Å²) in [5, 5.41) is 7.91. The Balaban J connectivity index is 1.80. The SMILES string of the molecule is CCNC(=NCc1sc(C)nc1C)NCCN1CCCC(C)C1. The zero-order chi connectivity index (χ0) is 16.7. The number of nitrogens with zero attached hydrogens (tertiary/aromatic N) is 3. The number of aryl methyl sites for hydroxylation is 2. The van der Waals surface area contributed by atoms with Crippen LogP contribution in [-0.4, -0.2) is 48.6 Å². The van der Waals surface area contributed by atoms with Gasteiger partial charge in [0.25, 0.3) is 0 Å². The minimum Gasteiger partial charge on any atom is -0.357 e. The summed E-state index contributed by atoms with van der Waals surface area (Å²) in [6, 6.07) is 0. The van der Waals surface area contributed by atoms with E-state index in [1.165, 1.54) is 30.8 Å². The fourth-order valence-corrected chi connectivity index (χ4v) is 3.90. The molecule has 2 heterocycles. The largest absolute Gasteiger partial charge is 0.357 e. The van der Waals surface area contributed by atoms with E-state index in [0.717, 1.165) is 42.2 Å². The maximum absolute atomic E-state index is 4.70. The number of piperidine rings is 1. The van der Waals surface area contributed by atoms with Crippen LogP contribution in [0.25, 0.3) is 0 Å². The number of thiazole rings is 1. The molecule has 0 radical (unpaired) electrons. The number of hydrogen-bond acceptors (Lipinski definition) is 4. The van der Waals surface area contributed by atoms with Gasteiger partial charge in [0, 0.05) is 31.1 Å². The topological polar surface area (TPSA) is 52.6 Å². The second-order valence-corrected chi connectivity index (χ2v) is 7.70. The highest BCUT2D eigenvalue weighted by Gasteiger charge is 2.15. The minimum atomic E-state index is 0.702. The van der Waals surface area contributed by atoms with Gasteiger partial charge >= 0.3 is 0 Å². The monoisotopic (exact) mass is 337 g/mol. The number of likely N-dealkylation sites (tertiary alicyclic amines) is 1. The summed E-state index contributed by atoms with van der Waals surface area (Å²) < 4.78 is 0. The van der Waals surface area contributed by atoms with Gasteiger partial charge in [-0.15, -0.1) is 11.3 Å². The normalized spacial score (nSPS) is 19.8. The van der Waals surface area contributed by atoms with E-state index in [0.29, 0.717) is 6.54 Å². The van der Waals surface area contributed by atoms with Crippen LogP contribution in [0, 0.1) is 19.8 Å². The predicted octanol–water partition coefficient (Wildman–Crippen LogP) is 2.55. The summed E-state index contributed by atoms with van der Waals surface area (Å²) in [6.45, 7) is 14.7. The Kier molecular flexibility index (Phi) is 7.30. The Morgan fingerprint density at radius 1 is 1.39 bits per heavy atom. The van der Waals surface area contributed by atoms with Gasteiger partial charge < -0.3 is 15.5 Å². The van der Waals surface area contributed by atoms with Gasteiger partial charge in [-0.1, -0.05) is 6.92 Å². The molecule has 1 atom stereocenters. The molecule has 1 saturated heterocycles. The Morgan fingerprint density at radius 2 is 2.22 bits per heavy atom. The third kappa shape index (κ3) is 6.11. The van der Waals surface area contributed by atoms with E-state index < -0.39 is 0 Å². The van der Waals surface area contributed by atoms with Crippen molar-refractivity contribution in [3.63, 3.8) is 0 Å². The summed E-state index contributed by atoms with van der Waals surface area (Å²) in [6.07, 6.45) is 2.71. The molecule has 2 rings (SSSR count). The molecule has 1 aromatic heterocycles. The number of aromatic nitrogens is 1. The van der Waals surface area contributed by atoms with Gasteiger partial charge in [0.1, 0.15) is 0 Å². The highest BCUT2D eigenvalue weighted by Crippen LogP contribution is 2.17. The first kappa shape index (κ1) is 18.2. The van der Waals surface area contributed by atoms with E-state index in [1.807, 2.05) is 6.92 Å². The summed E-state index contributed by atoms with van der Waals surface area (Å²) >= 11 is 1.74. The molecule has 1 aliphatic heterocycles. The lowest BCUT2D eigenvalue weighted by molar-refractivity contribution is 0.187. The fourth-order valence-electron chi connectivity index (χ4n) is 3.03. The van der Waals surface area contributed by atoms with Crippen LogP contribution < -0.4 is 10.6 Å². The lowest BCUT2D eigenvalue weighted by Crippen LogP contribution is -2.43. The molecule has 5 nitrogen and oxygen atoms in total. The molecular weight excluding hydrogens is 306 g/mol. The summed E-state index contributed by atoms with van der Waals surface area (Å²) in [7, 11) is 0. The second kappa shape index (κ2) is 9.23. The Labute approximate surface area is 144 Å². The number of aliphatic imine (C=N–C) groups is 1. The van der Waals surface area contributed by atoms with Gasteiger partial charge in [-0.3, -0.25) is 0 Å². The zero-order valence-corrected chi connectivity index (χ0v) is 15.8. The Hall–Kier alpha value is -1.14. The van der Waals surface area contributed by atoms with Crippen molar-refractivity contribution in [3.8, 4) is 0 Å². The summed E-state index contributed by atoms with van der Waals surface area (Å²) in [4.78, 5) is 13.0. The molecule has 1 fully saturated rings. The molecule has 130 valence electrons. The molecule has 0 aromatic carbocycles. The first-order valence-electron chi connectivity index (χ1n) is 8.76. The smallest absolute Gasteiger partial charge is 0.191 e. The number of hydrogen-bond donors (Lipinski definition) is 2. The van der Waals surface area contributed by atoms with E-state index in [9.17, 15) is 0 Å². The molecule has 1 aromatic rings. The van der Waals surface area contributed by atoms with E-state index >= 15 is 0 Å². The average molecular weight is 338 g/mol. The standard InChI is InChI=1S/C17H31N5S/c1-5-18-17(20-11-16-14(3)21-15(4)23-16)19-8-10-22-9-6-7-13(2)12-22/h13H,5-12H2,1-4H3,(H2,18,19,20). The average Bonchev–Trinajstić information content (AvgIpc) is 2.83. The predicted molar refractivity (Wildman–Crippen MR) is 99.2 cm³/mol. The third-order valence-electron chi connectivity index (χ3n) is 4.19. The molecule has 2 N–H and O–H groups in total. The van der Waals surface area contributed by atoms with Crippen LogP contribution in [-0.2, 0) is 6.54 Å². The quantitative estimate of drug-likeness (QED) is 0.619. The van der Waals surface area contributed by atoms with Crippen LogP contribution in [0.2, 0.25) is 0 Å². The van der Waals surface area contributed by atoms with Crippen LogP contribution in [0.4, 0.5) is 0 Å². The van der Waals surface area contributed by atoms with Crippen LogP contribution in [0.1, 0.15) is 42.3 Å². The molecule has 0 saturated carbocycles. The maximum Gasteiger partial charge on any atom is 0.191 e. The van der Waals surface area contributed by atoms with E-state index in [1.54, 1.807) is 11.3 Å². The first-order valence-corrected chi connectivity index (χ1v) is 9.57. The van der Waals surface area contributed by atoms with E-state index in [-0.39, 0.29) is 0 Å². The van der Waals surface area contributed by atoms with Crippen molar-refractivity contribution >= 4 is 17.3 Å². The van der Waals surface area contributed by atoms with Gasteiger partial charge in [0.05, 0.1) is 17.2 Å². The fraction of sp³-hybridized carbons (Fsp3) is 0.765. The van der Waals surface area contributed by atoms with Crippen LogP contribution >= 0.6 is 11.3 Å². The van der Waals surface area contributed by atoms with Gasteiger partial charge in [-0.25, -0.2) is 9.98 Å². The lowest BCUT2D eigenvalue weighted by atomic mass is 10.0. The van der Waals surface area contributed by atoms with E-state index in [4.69, 9.17) is 4.99 Å². The van der Waals surface area contributed by atoms with Crippen molar-refractivity contribution in [3.05, 3.63) is 15.6 Å². The number of guanidine groups is 1. The van der Waals surface area contributed by atoms with Crippen molar-refractivity contribution in [1.29, 1.82) is 0 Å². The highest BCUT2D eigenvalue weighted by molar-refractivity contribution is 7.11. The molecule has 23 heavy (non-hydrogen) atoms. The Bertz CT molecular complexity index is 511. The Morgan fingerprint density at radius 3 is 2.87 bits per heavy atom. The molecule has 0 spiro atoms. The first-order chi connectivity index (χ1) is 11.1. The van der Waals surface area contributed by atoms with E-state index in [2.05, 4.69) is 41.3 Å². The minimum absolute atomic E-state index is 0.702. The van der Waals surface area contributed by atoms with Gasteiger partial charge in [-0.05, 0) is 46.1 Å². The van der Waals surface area contributed by atoms with Crippen LogP contribution in [0.5, 0.6) is 0 Å². The second-order valence-electron chi connectivity index (χ2n) is 6.41. The van der Waals surface area contributed by atoms with Crippen molar-refractivity contribution in [2.45, 2.75) is 47.1 Å². The van der Waals surface area contributed by atoms with Crippen LogP contribution in [0.3, 0.4) is 0 Å². The van der Waals surface area contributed by atoms with Gasteiger partial charge in [0.2, 0.25) is 0 Å². The molecule has 1 aliphatic rings. The van der Waals surface area contributed by atoms with Crippen molar-refractivity contribution < 1.29 is 0 Å². The van der Waals surface area contributed by atoms with Crippen molar-refractivity contribution in [2.75, 3.05) is 32.7 Å². The molecule has 0 aliphatic carbocycles. The molecule has 0 bridgehead atoms. The highest BCUT2D eigenvalue weighted by atomic mass is 32.1. The van der Waals surface area contributed by atoms with Crippen LogP contribution in [0.15, 0.2) is 4.99 Å².